The summed E-state index contributed by atoms with van der Waals surface area (Å²) < 4.78 is 16.3. The van der Waals surface area contributed by atoms with Gasteiger partial charge in [0.25, 0.3) is 0 Å². The zero-order valence-corrected chi connectivity index (χ0v) is 29.8. The van der Waals surface area contributed by atoms with Gasteiger partial charge >= 0.3 is 18.2 Å². The number of carbonyl (C=O) groups is 3. The second-order valence-electron chi connectivity index (χ2n) is 14.8. The van der Waals surface area contributed by atoms with Gasteiger partial charge in [0, 0.05) is 18.7 Å². The normalized spacial score (nSPS) is 18.0. The van der Waals surface area contributed by atoms with Crippen molar-refractivity contribution in [2.75, 3.05) is 20.2 Å². The Labute approximate surface area is 292 Å². The molecule has 2 amide bonds. The van der Waals surface area contributed by atoms with E-state index in [1.165, 1.54) is 7.11 Å². The number of nitrogens with one attached hydrogen (secondary N) is 2. The molecule has 2 saturated heterocycles. The number of ether oxygens (including phenoxy) is 3. The number of aromatic amines is 2. The molecule has 0 bridgehead atoms. The van der Waals surface area contributed by atoms with Crippen LogP contribution in [0.3, 0.4) is 0 Å². The second kappa shape index (κ2) is 13.6. The molecule has 6 rings (SSSR count). The molecule has 0 spiro atoms. The van der Waals surface area contributed by atoms with E-state index >= 15 is 0 Å². The van der Waals surface area contributed by atoms with Crippen LogP contribution in [0.15, 0.2) is 54.7 Å². The van der Waals surface area contributed by atoms with Gasteiger partial charge in [-0.25, -0.2) is 24.4 Å². The Balaban J connectivity index is 1.18. The van der Waals surface area contributed by atoms with Crippen molar-refractivity contribution in [1.82, 2.24) is 29.7 Å². The third kappa shape index (κ3) is 7.54. The number of methoxy groups -OCH3 is 1. The van der Waals surface area contributed by atoms with Crippen molar-refractivity contribution in [2.24, 2.45) is 0 Å². The highest BCUT2D eigenvalue weighted by molar-refractivity contribution is 5.94. The molecule has 0 aliphatic carbocycles. The van der Waals surface area contributed by atoms with Crippen LogP contribution in [0.1, 0.15) is 101 Å². The van der Waals surface area contributed by atoms with Crippen LogP contribution >= 0.6 is 0 Å². The van der Waals surface area contributed by atoms with Crippen molar-refractivity contribution in [3.63, 3.8) is 0 Å². The van der Waals surface area contributed by atoms with E-state index in [0.717, 1.165) is 53.0 Å². The lowest BCUT2D eigenvalue weighted by molar-refractivity contribution is 0.0208. The summed E-state index contributed by atoms with van der Waals surface area (Å²) in [7, 11) is 1.33. The lowest BCUT2D eigenvalue weighted by atomic mass is 10.0. The van der Waals surface area contributed by atoms with Crippen LogP contribution in [0.5, 0.6) is 0 Å². The number of esters is 1. The van der Waals surface area contributed by atoms with Crippen molar-refractivity contribution in [3.05, 3.63) is 72.1 Å². The summed E-state index contributed by atoms with van der Waals surface area (Å²) in [5.74, 6) is 0.741. The highest BCUT2D eigenvalue weighted by atomic mass is 16.6. The standard InChI is InChI=1S/C38H46N6O6/c1-37(2,3)49-35(46)43-20-8-10-28(43)32-39-22-27(40-32)25-16-12-23(13-17-25)24-14-18-26(19-15-24)30-31(34(45)48-7)42-33(41-30)29-11-9-21-44(29)36(47)50-38(4,5)6/h12-19,22,28-29H,8-11,20-21H2,1-7H3,(H,39,40)(H,41,42)/t28-,29-/m1/s1. The first-order chi connectivity index (χ1) is 23.7. The Bertz CT molecular complexity index is 1850. The summed E-state index contributed by atoms with van der Waals surface area (Å²) in [5.41, 5.74) is 4.12. The van der Waals surface area contributed by atoms with E-state index < -0.39 is 23.3 Å². The smallest absolute Gasteiger partial charge is 0.410 e. The summed E-state index contributed by atoms with van der Waals surface area (Å²) in [6.45, 7) is 12.3. The molecule has 2 fully saturated rings. The fraction of sp³-hybridized carbons (Fsp3) is 0.447. The van der Waals surface area contributed by atoms with Gasteiger partial charge in [-0.15, -0.1) is 0 Å². The Hall–Kier alpha value is -5.13. The van der Waals surface area contributed by atoms with Crippen LogP contribution in [0.2, 0.25) is 0 Å². The first-order valence-electron chi connectivity index (χ1n) is 17.1. The number of H-pyrrole nitrogens is 2. The van der Waals surface area contributed by atoms with E-state index in [2.05, 4.69) is 15.0 Å². The number of hydrogen-bond donors (Lipinski definition) is 2. The molecule has 0 radical (unpaired) electrons. The summed E-state index contributed by atoms with van der Waals surface area (Å²) in [4.78, 5) is 58.0. The number of carbonyl (C=O) groups excluding carboxylic acids is 3. The molecular weight excluding hydrogens is 636 g/mol. The molecule has 2 atom stereocenters. The minimum Gasteiger partial charge on any atom is -0.464 e. The van der Waals surface area contributed by atoms with E-state index in [1.54, 1.807) is 16.0 Å². The summed E-state index contributed by atoms with van der Waals surface area (Å²) in [5, 5.41) is 0. The highest BCUT2D eigenvalue weighted by Crippen LogP contribution is 2.36. The fourth-order valence-electron chi connectivity index (χ4n) is 6.50. The van der Waals surface area contributed by atoms with Crippen LogP contribution in [-0.4, -0.2) is 79.3 Å². The number of benzene rings is 2. The topological polar surface area (TPSA) is 143 Å². The molecule has 4 aromatic rings. The first-order valence-corrected chi connectivity index (χ1v) is 17.1. The van der Waals surface area contributed by atoms with Gasteiger partial charge in [0.15, 0.2) is 5.69 Å². The van der Waals surface area contributed by atoms with Crippen molar-refractivity contribution in [2.45, 2.75) is 90.5 Å². The average molecular weight is 683 g/mol. The Kier molecular flexibility index (Phi) is 9.48. The van der Waals surface area contributed by atoms with Crippen LogP contribution < -0.4 is 0 Å². The van der Waals surface area contributed by atoms with Crippen molar-refractivity contribution >= 4 is 18.2 Å². The molecule has 12 nitrogen and oxygen atoms in total. The molecule has 50 heavy (non-hydrogen) atoms. The maximum absolute atomic E-state index is 12.9. The third-order valence-electron chi connectivity index (χ3n) is 8.79. The van der Waals surface area contributed by atoms with E-state index in [9.17, 15) is 14.4 Å². The molecule has 2 N–H and O–H groups in total. The Morgan fingerprint density at radius 3 is 1.68 bits per heavy atom. The van der Waals surface area contributed by atoms with Crippen molar-refractivity contribution in [3.8, 4) is 33.6 Å². The number of likely N-dealkylation sites (tertiary alicyclic amines) is 2. The first kappa shape index (κ1) is 34.7. The lowest BCUT2D eigenvalue weighted by Gasteiger charge is -2.27. The maximum atomic E-state index is 12.9. The molecule has 2 aromatic carbocycles. The van der Waals surface area contributed by atoms with E-state index in [4.69, 9.17) is 19.2 Å². The number of amides is 2. The molecule has 4 heterocycles. The molecule has 0 unspecified atom stereocenters. The molecule has 0 saturated carbocycles. The monoisotopic (exact) mass is 682 g/mol. The highest BCUT2D eigenvalue weighted by Gasteiger charge is 2.37. The van der Waals surface area contributed by atoms with Gasteiger partial charge in [-0.3, -0.25) is 9.80 Å². The van der Waals surface area contributed by atoms with Crippen LogP contribution in [0.25, 0.3) is 33.6 Å². The zero-order chi connectivity index (χ0) is 35.8. The lowest BCUT2D eigenvalue weighted by Crippen LogP contribution is -2.36. The number of hydrogen-bond acceptors (Lipinski definition) is 8. The Morgan fingerprint density at radius 2 is 1.18 bits per heavy atom. The predicted octanol–water partition coefficient (Wildman–Crippen LogP) is 8.06. The summed E-state index contributed by atoms with van der Waals surface area (Å²) in [6, 6.07) is 15.5. The fourth-order valence-corrected chi connectivity index (χ4v) is 6.50. The van der Waals surface area contributed by atoms with Gasteiger partial charge < -0.3 is 24.2 Å². The molecule has 12 heteroatoms. The Morgan fingerprint density at radius 1 is 0.700 bits per heavy atom. The van der Waals surface area contributed by atoms with E-state index in [1.807, 2.05) is 90.1 Å². The summed E-state index contributed by atoms with van der Waals surface area (Å²) in [6.07, 6.45) is 4.31. The van der Waals surface area contributed by atoms with Crippen LogP contribution in [0, 0.1) is 0 Å². The second-order valence-corrected chi connectivity index (χ2v) is 14.8. The van der Waals surface area contributed by atoms with Crippen molar-refractivity contribution < 1.29 is 28.6 Å². The third-order valence-corrected chi connectivity index (χ3v) is 8.79. The minimum absolute atomic E-state index is 0.149. The SMILES string of the molecule is COC(=O)c1[nH]c([C@H]2CCCN2C(=O)OC(C)(C)C)nc1-c1ccc(-c2ccc(-c3cnc([C@H]4CCCN4C(=O)OC(C)(C)C)[nH]3)cc2)cc1. The van der Waals surface area contributed by atoms with Gasteiger partial charge in [-0.05, 0) is 83.9 Å². The van der Waals surface area contributed by atoms with Gasteiger partial charge in [0.2, 0.25) is 0 Å². The van der Waals surface area contributed by atoms with Crippen molar-refractivity contribution in [1.29, 1.82) is 0 Å². The molecule has 2 aromatic heterocycles. The van der Waals surface area contributed by atoms with Crippen LogP contribution in [-0.2, 0) is 14.2 Å². The number of imidazole rings is 2. The minimum atomic E-state index is -0.622. The number of rotatable bonds is 6. The predicted molar refractivity (Wildman–Crippen MR) is 188 cm³/mol. The largest absolute Gasteiger partial charge is 0.464 e. The molecule has 2 aliphatic rings. The van der Waals surface area contributed by atoms with Gasteiger partial charge in [0.05, 0.1) is 31.1 Å². The van der Waals surface area contributed by atoms with E-state index in [0.29, 0.717) is 31.0 Å². The molecule has 264 valence electrons. The molecule has 2 aliphatic heterocycles. The van der Waals surface area contributed by atoms with Gasteiger partial charge in [0.1, 0.15) is 28.5 Å². The average Bonchev–Trinajstić information content (AvgIpc) is 3.88. The van der Waals surface area contributed by atoms with Gasteiger partial charge in [-0.2, -0.15) is 0 Å². The van der Waals surface area contributed by atoms with Gasteiger partial charge in [-0.1, -0.05) is 48.5 Å². The zero-order valence-electron chi connectivity index (χ0n) is 29.8. The molecular formula is C38H46N6O6. The van der Waals surface area contributed by atoms with E-state index in [-0.39, 0.29) is 23.9 Å². The number of aromatic nitrogens is 4. The quantitative estimate of drug-likeness (QED) is 0.154. The number of nitrogens with zero attached hydrogens (tertiary/aromatic N) is 4. The summed E-state index contributed by atoms with van der Waals surface area (Å²) >= 11 is 0. The van der Waals surface area contributed by atoms with Crippen LogP contribution in [0.4, 0.5) is 9.59 Å². The maximum Gasteiger partial charge on any atom is 0.410 e.